The second kappa shape index (κ2) is 10.9. The number of aromatic nitrogens is 3. The molecule has 0 amide bonds. The fraction of sp³-hybridized carbons (Fsp3) is 0.579. The summed E-state index contributed by atoms with van der Waals surface area (Å²) in [7, 11) is 0. The first kappa shape index (κ1) is 18.6. The third-order valence-corrected chi connectivity index (χ3v) is 3.98. The van der Waals surface area contributed by atoms with Crippen LogP contribution in [-0.2, 0) is 24.3 Å². The maximum Gasteiger partial charge on any atom is 0.0827 e. The molecule has 1 heterocycles. The van der Waals surface area contributed by atoms with Crippen LogP contribution in [0.4, 0.5) is 0 Å². The van der Waals surface area contributed by atoms with Gasteiger partial charge in [-0.1, -0.05) is 61.7 Å². The summed E-state index contributed by atoms with van der Waals surface area (Å²) in [6.45, 7) is 3.80. The first-order valence-corrected chi connectivity index (χ1v) is 8.96. The summed E-state index contributed by atoms with van der Waals surface area (Å²) < 4.78 is 7.34. The largest absolute Gasteiger partial charge is 0.391 e. The number of aryl methyl sites for hydroxylation is 1. The summed E-state index contributed by atoms with van der Waals surface area (Å²) >= 11 is 0. The van der Waals surface area contributed by atoms with Crippen molar-refractivity contribution in [3.8, 4) is 0 Å². The Bertz CT molecular complexity index is 557. The van der Waals surface area contributed by atoms with Crippen LogP contribution in [0, 0.1) is 0 Å². The molecule has 1 aromatic heterocycles. The van der Waals surface area contributed by atoms with E-state index in [2.05, 4.69) is 17.2 Å². The number of benzene rings is 1. The molecule has 24 heavy (non-hydrogen) atoms. The van der Waals surface area contributed by atoms with E-state index in [1.54, 1.807) is 4.68 Å². The SMILES string of the molecule is CCCCCCc1cn(CC(O)CCOCc2ccccc2)nn1. The minimum atomic E-state index is -0.463. The van der Waals surface area contributed by atoms with Gasteiger partial charge in [-0.15, -0.1) is 5.10 Å². The molecule has 0 saturated heterocycles. The lowest BCUT2D eigenvalue weighted by molar-refractivity contribution is 0.0645. The number of aliphatic hydroxyl groups excluding tert-OH is 1. The maximum absolute atomic E-state index is 10.1. The van der Waals surface area contributed by atoms with Crippen molar-refractivity contribution >= 4 is 0 Å². The predicted octanol–water partition coefficient (Wildman–Crippen LogP) is 3.37. The summed E-state index contributed by atoms with van der Waals surface area (Å²) in [5.41, 5.74) is 2.16. The molecule has 2 rings (SSSR count). The van der Waals surface area contributed by atoms with Gasteiger partial charge in [0.2, 0.25) is 0 Å². The molecule has 2 aromatic rings. The Balaban J connectivity index is 1.60. The molecule has 1 N–H and O–H groups in total. The lowest BCUT2D eigenvalue weighted by atomic mass is 10.1. The van der Waals surface area contributed by atoms with E-state index in [4.69, 9.17) is 4.74 Å². The van der Waals surface area contributed by atoms with E-state index < -0.39 is 6.10 Å². The first-order valence-electron chi connectivity index (χ1n) is 8.96. The van der Waals surface area contributed by atoms with Gasteiger partial charge in [0.15, 0.2) is 0 Å². The normalized spacial score (nSPS) is 12.4. The van der Waals surface area contributed by atoms with E-state index in [1.807, 2.05) is 36.5 Å². The highest BCUT2D eigenvalue weighted by Crippen LogP contribution is 2.06. The molecule has 5 heteroatoms. The number of nitrogens with zero attached hydrogens (tertiary/aromatic N) is 3. The Labute approximate surface area is 144 Å². The third-order valence-electron chi connectivity index (χ3n) is 3.98. The van der Waals surface area contributed by atoms with Gasteiger partial charge in [0.25, 0.3) is 0 Å². The summed E-state index contributed by atoms with van der Waals surface area (Å²) in [6.07, 6.45) is 7.96. The van der Waals surface area contributed by atoms with E-state index in [9.17, 15) is 5.11 Å². The van der Waals surface area contributed by atoms with Gasteiger partial charge < -0.3 is 9.84 Å². The van der Waals surface area contributed by atoms with Crippen LogP contribution in [0.2, 0.25) is 0 Å². The van der Waals surface area contributed by atoms with E-state index in [1.165, 1.54) is 19.3 Å². The highest BCUT2D eigenvalue weighted by molar-refractivity contribution is 5.13. The van der Waals surface area contributed by atoms with Crippen LogP contribution in [0.3, 0.4) is 0 Å². The number of aliphatic hydroxyl groups is 1. The van der Waals surface area contributed by atoms with Crippen LogP contribution in [0.25, 0.3) is 0 Å². The average Bonchev–Trinajstić information content (AvgIpc) is 3.04. The summed E-state index contributed by atoms with van der Waals surface area (Å²) in [4.78, 5) is 0. The second-order valence-electron chi connectivity index (χ2n) is 6.22. The quantitative estimate of drug-likeness (QED) is 0.606. The minimum Gasteiger partial charge on any atom is -0.391 e. The highest BCUT2D eigenvalue weighted by Gasteiger charge is 2.08. The Morgan fingerprint density at radius 3 is 2.79 bits per heavy atom. The Kier molecular flexibility index (Phi) is 8.49. The van der Waals surface area contributed by atoms with Gasteiger partial charge in [-0.25, -0.2) is 4.68 Å². The summed E-state index contributed by atoms with van der Waals surface area (Å²) in [6, 6.07) is 10.1. The van der Waals surface area contributed by atoms with Crippen LogP contribution in [0.5, 0.6) is 0 Å². The highest BCUT2D eigenvalue weighted by atomic mass is 16.5. The van der Waals surface area contributed by atoms with Crippen molar-refractivity contribution in [2.75, 3.05) is 6.61 Å². The van der Waals surface area contributed by atoms with Crippen molar-refractivity contribution in [3.05, 3.63) is 47.8 Å². The van der Waals surface area contributed by atoms with E-state index in [0.29, 0.717) is 26.2 Å². The van der Waals surface area contributed by atoms with E-state index in [0.717, 1.165) is 24.1 Å². The zero-order chi connectivity index (χ0) is 17.0. The van der Waals surface area contributed by atoms with Crippen molar-refractivity contribution in [3.63, 3.8) is 0 Å². The van der Waals surface area contributed by atoms with Crippen molar-refractivity contribution in [2.24, 2.45) is 0 Å². The standard InChI is InChI=1S/C19H29N3O2/c1-2-3-4-8-11-18-14-22(21-20-18)15-19(23)12-13-24-16-17-9-6-5-7-10-17/h5-7,9-10,14,19,23H,2-4,8,11-13,15-16H2,1H3. The van der Waals surface area contributed by atoms with Crippen LogP contribution in [0.1, 0.15) is 50.3 Å². The van der Waals surface area contributed by atoms with Crippen molar-refractivity contribution < 1.29 is 9.84 Å². The number of rotatable bonds is 12. The van der Waals surface area contributed by atoms with Crippen molar-refractivity contribution in [1.29, 1.82) is 0 Å². The average molecular weight is 331 g/mol. The Morgan fingerprint density at radius 1 is 1.17 bits per heavy atom. The molecule has 0 aliphatic heterocycles. The number of unbranched alkanes of at least 4 members (excludes halogenated alkanes) is 3. The predicted molar refractivity (Wildman–Crippen MR) is 94.6 cm³/mol. The van der Waals surface area contributed by atoms with Gasteiger partial charge in [-0.3, -0.25) is 0 Å². The van der Waals surface area contributed by atoms with Gasteiger partial charge in [0, 0.05) is 12.8 Å². The van der Waals surface area contributed by atoms with Crippen LogP contribution in [-0.4, -0.2) is 32.8 Å². The van der Waals surface area contributed by atoms with Gasteiger partial charge in [0.1, 0.15) is 0 Å². The molecule has 1 unspecified atom stereocenters. The molecular weight excluding hydrogens is 302 g/mol. The van der Waals surface area contributed by atoms with E-state index >= 15 is 0 Å². The lowest BCUT2D eigenvalue weighted by Gasteiger charge is -2.10. The van der Waals surface area contributed by atoms with Crippen LogP contribution >= 0.6 is 0 Å². The Morgan fingerprint density at radius 2 is 2.00 bits per heavy atom. The van der Waals surface area contributed by atoms with Crippen molar-refractivity contribution in [1.82, 2.24) is 15.0 Å². The zero-order valence-electron chi connectivity index (χ0n) is 14.6. The Hall–Kier alpha value is -1.72. The molecule has 0 aliphatic rings. The topological polar surface area (TPSA) is 60.2 Å². The molecule has 1 aromatic carbocycles. The lowest BCUT2D eigenvalue weighted by Crippen LogP contribution is -2.18. The van der Waals surface area contributed by atoms with E-state index in [-0.39, 0.29) is 0 Å². The second-order valence-corrected chi connectivity index (χ2v) is 6.22. The van der Waals surface area contributed by atoms with Crippen molar-refractivity contribution in [2.45, 2.75) is 64.7 Å². The summed E-state index contributed by atoms with van der Waals surface area (Å²) in [5, 5.41) is 18.4. The molecule has 0 bridgehead atoms. The fourth-order valence-electron chi connectivity index (χ4n) is 2.57. The third kappa shape index (κ3) is 7.23. The molecule has 0 fully saturated rings. The molecule has 1 atom stereocenters. The number of ether oxygens (including phenoxy) is 1. The van der Waals surface area contributed by atoms with Gasteiger partial charge >= 0.3 is 0 Å². The van der Waals surface area contributed by atoms with Gasteiger partial charge in [-0.2, -0.15) is 0 Å². The maximum atomic E-state index is 10.1. The summed E-state index contributed by atoms with van der Waals surface area (Å²) in [5.74, 6) is 0. The molecule has 0 spiro atoms. The fourth-order valence-corrected chi connectivity index (χ4v) is 2.57. The molecule has 132 valence electrons. The molecule has 5 nitrogen and oxygen atoms in total. The van der Waals surface area contributed by atoms with Crippen LogP contribution in [0.15, 0.2) is 36.5 Å². The van der Waals surface area contributed by atoms with Gasteiger partial charge in [0.05, 0.1) is 24.9 Å². The molecule has 0 radical (unpaired) electrons. The number of hydrogen-bond acceptors (Lipinski definition) is 4. The smallest absolute Gasteiger partial charge is 0.0827 e. The molecule has 0 saturated carbocycles. The monoisotopic (exact) mass is 331 g/mol. The zero-order valence-corrected chi connectivity index (χ0v) is 14.6. The van der Waals surface area contributed by atoms with Gasteiger partial charge in [-0.05, 0) is 24.8 Å². The molecule has 0 aliphatic carbocycles. The number of hydrogen-bond donors (Lipinski definition) is 1. The minimum absolute atomic E-state index is 0.463. The first-order chi connectivity index (χ1) is 11.8. The van der Waals surface area contributed by atoms with Crippen LogP contribution < -0.4 is 0 Å². The molecular formula is C19H29N3O2.